The van der Waals surface area contributed by atoms with Gasteiger partial charge in [-0.3, -0.25) is 9.48 Å². The highest BCUT2D eigenvalue weighted by Crippen LogP contribution is 2.31. The molecule has 1 aliphatic carbocycles. The Kier molecular flexibility index (Phi) is 3.43. The lowest BCUT2D eigenvalue weighted by Crippen LogP contribution is -2.04. The van der Waals surface area contributed by atoms with Gasteiger partial charge in [-0.25, -0.2) is 0 Å². The molecule has 1 aromatic carbocycles. The first kappa shape index (κ1) is 13.1. The lowest BCUT2D eigenvalue weighted by atomic mass is 10.0. The Morgan fingerprint density at radius 2 is 1.95 bits per heavy atom. The molecule has 0 radical (unpaired) electrons. The molecule has 0 unspecified atom stereocenters. The molecule has 0 N–H and O–H groups in total. The maximum Gasteiger partial charge on any atom is 0.153 e. The van der Waals surface area contributed by atoms with E-state index in [0.29, 0.717) is 11.6 Å². The maximum atomic E-state index is 11.3. The summed E-state index contributed by atoms with van der Waals surface area (Å²) < 4.78 is 2.00. The van der Waals surface area contributed by atoms with Crippen LogP contribution in [-0.2, 0) is 0 Å². The van der Waals surface area contributed by atoms with Gasteiger partial charge >= 0.3 is 0 Å². The predicted molar refractivity (Wildman–Crippen MR) is 80.0 cm³/mol. The Balaban J connectivity index is 2.03. The summed E-state index contributed by atoms with van der Waals surface area (Å²) in [6.45, 7) is 4.18. The molecule has 1 fully saturated rings. The molecule has 0 saturated heterocycles. The van der Waals surface area contributed by atoms with Gasteiger partial charge in [-0.15, -0.1) is 0 Å². The largest absolute Gasteiger partial charge is 0.298 e. The van der Waals surface area contributed by atoms with Crippen LogP contribution < -0.4 is 0 Å². The first-order chi connectivity index (χ1) is 9.69. The second-order valence-corrected chi connectivity index (χ2v) is 5.77. The van der Waals surface area contributed by atoms with Crippen molar-refractivity contribution in [2.24, 2.45) is 0 Å². The third kappa shape index (κ3) is 2.28. The minimum absolute atomic E-state index is 0.467. The number of aryl methyl sites for hydroxylation is 2. The highest BCUT2D eigenvalue weighted by Gasteiger charge is 2.20. The second kappa shape index (κ2) is 5.23. The van der Waals surface area contributed by atoms with Crippen molar-refractivity contribution in [2.75, 3.05) is 0 Å². The standard InChI is InChI=1S/C17H20N2O/c1-12-7-8-14(9-13(12)2)17-15(11-20)10-19(18-17)16-5-3-4-6-16/h7-11,16H,3-6H2,1-2H3. The van der Waals surface area contributed by atoms with E-state index in [4.69, 9.17) is 0 Å². The van der Waals surface area contributed by atoms with Crippen LogP contribution in [0.5, 0.6) is 0 Å². The number of rotatable bonds is 3. The zero-order valence-corrected chi connectivity index (χ0v) is 12.1. The molecule has 104 valence electrons. The first-order valence-corrected chi connectivity index (χ1v) is 7.31. The van der Waals surface area contributed by atoms with Gasteiger partial charge in [0, 0.05) is 11.8 Å². The van der Waals surface area contributed by atoms with Gasteiger partial charge in [0.1, 0.15) is 5.69 Å². The van der Waals surface area contributed by atoms with Crippen molar-refractivity contribution in [3.05, 3.63) is 41.1 Å². The molecule has 3 nitrogen and oxygen atoms in total. The van der Waals surface area contributed by atoms with Crippen molar-refractivity contribution < 1.29 is 4.79 Å². The Labute approximate surface area is 119 Å². The molecule has 1 heterocycles. The van der Waals surface area contributed by atoms with Gasteiger partial charge < -0.3 is 0 Å². The first-order valence-electron chi connectivity index (χ1n) is 7.31. The van der Waals surface area contributed by atoms with Crippen LogP contribution in [0.4, 0.5) is 0 Å². The van der Waals surface area contributed by atoms with Gasteiger partial charge in [-0.05, 0) is 43.9 Å². The van der Waals surface area contributed by atoms with E-state index >= 15 is 0 Å². The van der Waals surface area contributed by atoms with E-state index < -0.39 is 0 Å². The van der Waals surface area contributed by atoms with E-state index in [1.807, 2.05) is 10.9 Å². The van der Waals surface area contributed by atoms with Crippen molar-refractivity contribution in [3.8, 4) is 11.3 Å². The van der Waals surface area contributed by atoms with Crippen molar-refractivity contribution in [2.45, 2.75) is 45.6 Å². The second-order valence-electron chi connectivity index (χ2n) is 5.77. The Morgan fingerprint density at radius 3 is 2.60 bits per heavy atom. The summed E-state index contributed by atoms with van der Waals surface area (Å²) in [6.07, 6.45) is 7.70. The normalized spacial score (nSPS) is 15.7. The number of benzene rings is 1. The number of aromatic nitrogens is 2. The Morgan fingerprint density at radius 1 is 1.20 bits per heavy atom. The number of carbonyl (C=O) groups excluding carboxylic acids is 1. The minimum Gasteiger partial charge on any atom is -0.298 e. The molecule has 1 saturated carbocycles. The van der Waals surface area contributed by atoms with E-state index in [1.54, 1.807) is 0 Å². The van der Waals surface area contributed by atoms with Crippen LogP contribution >= 0.6 is 0 Å². The summed E-state index contributed by atoms with van der Waals surface area (Å²) in [5, 5.41) is 4.69. The molecule has 0 atom stereocenters. The molecule has 20 heavy (non-hydrogen) atoms. The third-order valence-electron chi connectivity index (χ3n) is 4.37. The molecular formula is C17H20N2O. The number of hydrogen-bond donors (Lipinski definition) is 0. The third-order valence-corrected chi connectivity index (χ3v) is 4.37. The van der Waals surface area contributed by atoms with E-state index in [1.165, 1.54) is 36.8 Å². The summed E-state index contributed by atoms with van der Waals surface area (Å²) in [6, 6.07) is 6.72. The number of nitrogens with zero attached hydrogens (tertiary/aromatic N) is 2. The molecule has 1 aliphatic rings. The molecule has 3 heteroatoms. The van der Waals surface area contributed by atoms with Crippen LogP contribution in [0.3, 0.4) is 0 Å². The topological polar surface area (TPSA) is 34.9 Å². The van der Waals surface area contributed by atoms with Gasteiger partial charge in [0.15, 0.2) is 6.29 Å². The monoisotopic (exact) mass is 268 g/mol. The van der Waals surface area contributed by atoms with Crippen LogP contribution in [-0.4, -0.2) is 16.1 Å². The van der Waals surface area contributed by atoms with E-state index in [2.05, 4.69) is 37.1 Å². The molecule has 1 aromatic heterocycles. The van der Waals surface area contributed by atoms with Gasteiger partial charge in [-0.1, -0.05) is 25.0 Å². The van der Waals surface area contributed by atoms with Crippen molar-refractivity contribution in [1.82, 2.24) is 9.78 Å². The van der Waals surface area contributed by atoms with Gasteiger partial charge in [0.25, 0.3) is 0 Å². The number of aldehydes is 1. The zero-order valence-electron chi connectivity index (χ0n) is 12.1. The summed E-state index contributed by atoms with van der Waals surface area (Å²) >= 11 is 0. The quantitative estimate of drug-likeness (QED) is 0.786. The molecule has 0 amide bonds. The maximum absolute atomic E-state index is 11.3. The lowest BCUT2D eigenvalue weighted by molar-refractivity contribution is 0.112. The zero-order chi connectivity index (χ0) is 14.1. The van der Waals surface area contributed by atoms with Crippen LogP contribution in [0.2, 0.25) is 0 Å². The fourth-order valence-corrected chi connectivity index (χ4v) is 2.96. The van der Waals surface area contributed by atoms with Crippen molar-refractivity contribution >= 4 is 6.29 Å². The highest BCUT2D eigenvalue weighted by molar-refractivity contribution is 5.85. The average molecular weight is 268 g/mol. The molecule has 0 aliphatic heterocycles. The average Bonchev–Trinajstić information content (AvgIpc) is 3.09. The van der Waals surface area contributed by atoms with Crippen LogP contribution in [0.25, 0.3) is 11.3 Å². The van der Waals surface area contributed by atoms with E-state index in [-0.39, 0.29) is 0 Å². The van der Waals surface area contributed by atoms with Crippen molar-refractivity contribution in [1.29, 1.82) is 0 Å². The minimum atomic E-state index is 0.467. The van der Waals surface area contributed by atoms with E-state index in [9.17, 15) is 4.79 Å². The number of hydrogen-bond acceptors (Lipinski definition) is 2. The summed E-state index contributed by atoms with van der Waals surface area (Å²) in [5.74, 6) is 0. The van der Waals surface area contributed by atoms with Gasteiger partial charge in [0.2, 0.25) is 0 Å². The molecule has 0 bridgehead atoms. The smallest absolute Gasteiger partial charge is 0.153 e. The molecule has 0 spiro atoms. The van der Waals surface area contributed by atoms with Crippen molar-refractivity contribution in [3.63, 3.8) is 0 Å². The summed E-state index contributed by atoms with van der Waals surface area (Å²) in [7, 11) is 0. The Hall–Kier alpha value is -1.90. The molecule has 3 rings (SSSR count). The van der Waals surface area contributed by atoms with Gasteiger partial charge in [0.05, 0.1) is 11.6 Å². The lowest BCUT2D eigenvalue weighted by Gasteiger charge is -2.09. The molecule has 2 aromatic rings. The van der Waals surface area contributed by atoms with Crippen LogP contribution in [0.15, 0.2) is 24.4 Å². The highest BCUT2D eigenvalue weighted by atomic mass is 16.1. The number of carbonyl (C=O) groups is 1. The fourth-order valence-electron chi connectivity index (χ4n) is 2.96. The van der Waals surface area contributed by atoms with E-state index in [0.717, 1.165) is 17.5 Å². The Bertz CT molecular complexity index is 636. The summed E-state index contributed by atoms with van der Waals surface area (Å²) in [4.78, 5) is 11.3. The summed E-state index contributed by atoms with van der Waals surface area (Å²) in [5.41, 5.74) is 5.04. The predicted octanol–water partition coefficient (Wildman–Crippen LogP) is 4.09. The van der Waals surface area contributed by atoms with Gasteiger partial charge in [-0.2, -0.15) is 5.10 Å². The van der Waals surface area contributed by atoms with Crippen LogP contribution in [0.1, 0.15) is 53.2 Å². The van der Waals surface area contributed by atoms with Crippen LogP contribution in [0, 0.1) is 13.8 Å². The molecular weight excluding hydrogens is 248 g/mol. The SMILES string of the molecule is Cc1ccc(-c2nn(C3CCCC3)cc2C=O)cc1C. The fraction of sp³-hybridized carbons (Fsp3) is 0.412.